The van der Waals surface area contributed by atoms with Gasteiger partial charge in [0.05, 0.1) is 7.11 Å². The number of hydrogen-bond acceptors (Lipinski definition) is 3. The summed E-state index contributed by atoms with van der Waals surface area (Å²) in [5, 5.41) is 0.181. The molecular weight excluding hydrogens is 245 g/mol. The van der Waals surface area contributed by atoms with E-state index < -0.39 is 12.2 Å². The van der Waals surface area contributed by atoms with Gasteiger partial charge in [0.1, 0.15) is 11.8 Å². The van der Waals surface area contributed by atoms with Gasteiger partial charge in [-0.3, -0.25) is 5.84 Å². The molecule has 16 heavy (non-hydrogen) atoms. The summed E-state index contributed by atoms with van der Waals surface area (Å²) in [5.41, 5.74) is 1.55. The molecule has 0 aromatic heterocycles. The first-order chi connectivity index (χ1) is 7.40. The van der Waals surface area contributed by atoms with Crippen molar-refractivity contribution in [2.45, 2.75) is 12.2 Å². The lowest BCUT2D eigenvalue weighted by Gasteiger charge is -2.21. The van der Waals surface area contributed by atoms with Gasteiger partial charge in [0, 0.05) is 10.6 Å². The van der Waals surface area contributed by atoms with E-state index in [0.717, 1.165) is 0 Å². The molecule has 0 aliphatic carbocycles. The number of nitrogens with one attached hydrogen (secondary N) is 1. The molecule has 0 heterocycles. The minimum Gasteiger partial charge on any atom is -0.496 e. The second kappa shape index (κ2) is 4.90. The monoisotopic (exact) mass is 254 g/mol. The van der Waals surface area contributed by atoms with Crippen LogP contribution in [0.1, 0.15) is 11.6 Å². The van der Waals surface area contributed by atoms with E-state index in [9.17, 15) is 13.2 Å². The average Bonchev–Trinajstić information content (AvgIpc) is 2.17. The van der Waals surface area contributed by atoms with Crippen molar-refractivity contribution < 1.29 is 17.9 Å². The van der Waals surface area contributed by atoms with Crippen LogP contribution in [0.15, 0.2) is 18.2 Å². The van der Waals surface area contributed by atoms with Crippen LogP contribution in [0.4, 0.5) is 13.2 Å². The first kappa shape index (κ1) is 13.1. The number of halogens is 4. The molecule has 1 unspecified atom stereocenters. The topological polar surface area (TPSA) is 47.3 Å². The van der Waals surface area contributed by atoms with Crippen LogP contribution >= 0.6 is 11.6 Å². The molecule has 0 saturated carbocycles. The molecule has 1 rings (SSSR count). The van der Waals surface area contributed by atoms with Crippen molar-refractivity contribution in [1.29, 1.82) is 0 Å². The lowest BCUT2D eigenvalue weighted by molar-refractivity contribution is -0.158. The highest BCUT2D eigenvalue weighted by atomic mass is 35.5. The molecule has 3 N–H and O–H groups in total. The van der Waals surface area contributed by atoms with Crippen LogP contribution in [0.25, 0.3) is 0 Å². The summed E-state index contributed by atoms with van der Waals surface area (Å²) < 4.78 is 42.7. The van der Waals surface area contributed by atoms with Crippen molar-refractivity contribution in [1.82, 2.24) is 5.43 Å². The summed E-state index contributed by atoms with van der Waals surface area (Å²) >= 11 is 5.63. The molecule has 1 aromatic rings. The SMILES string of the molecule is COc1ccc(Cl)cc1C(NN)C(F)(F)F. The summed E-state index contributed by atoms with van der Waals surface area (Å²) in [4.78, 5) is 0. The second-order valence-electron chi connectivity index (χ2n) is 3.03. The number of ether oxygens (including phenoxy) is 1. The highest BCUT2D eigenvalue weighted by Crippen LogP contribution is 2.37. The van der Waals surface area contributed by atoms with E-state index in [1.54, 1.807) is 5.43 Å². The number of rotatable bonds is 3. The van der Waals surface area contributed by atoms with E-state index in [1.807, 2.05) is 0 Å². The fourth-order valence-corrected chi connectivity index (χ4v) is 1.47. The van der Waals surface area contributed by atoms with Gasteiger partial charge in [-0.15, -0.1) is 0 Å². The van der Waals surface area contributed by atoms with Crippen LogP contribution in [0.3, 0.4) is 0 Å². The van der Waals surface area contributed by atoms with E-state index >= 15 is 0 Å². The lowest BCUT2D eigenvalue weighted by atomic mass is 10.1. The molecule has 0 bridgehead atoms. The van der Waals surface area contributed by atoms with Crippen LogP contribution in [-0.4, -0.2) is 13.3 Å². The van der Waals surface area contributed by atoms with Gasteiger partial charge in [0.15, 0.2) is 0 Å². The highest BCUT2D eigenvalue weighted by molar-refractivity contribution is 6.30. The smallest absolute Gasteiger partial charge is 0.409 e. The van der Waals surface area contributed by atoms with Crippen molar-refractivity contribution in [2.24, 2.45) is 5.84 Å². The summed E-state index contributed by atoms with van der Waals surface area (Å²) in [6, 6.07) is 1.95. The molecule has 0 aliphatic heterocycles. The largest absolute Gasteiger partial charge is 0.496 e. The number of methoxy groups -OCH3 is 1. The van der Waals surface area contributed by atoms with E-state index in [0.29, 0.717) is 0 Å². The summed E-state index contributed by atoms with van der Waals surface area (Å²) in [5.74, 6) is 4.97. The molecule has 1 atom stereocenters. The van der Waals surface area contributed by atoms with Crippen molar-refractivity contribution >= 4 is 11.6 Å². The molecule has 0 aliphatic rings. The predicted molar refractivity (Wildman–Crippen MR) is 54.1 cm³/mol. The van der Waals surface area contributed by atoms with Gasteiger partial charge in [0.25, 0.3) is 0 Å². The zero-order valence-electron chi connectivity index (χ0n) is 8.31. The van der Waals surface area contributed by atoms with Gasteiger partial charge in [0.2, 0.25) is 0 Å². The Morgan fingerprint density at radius 3 is 2.50 bits per heavy atom. The van der Waals surface area contributed by atoms with Gasteiger partial charge in [-0.25, -0.2) is 5.43 Å². The van der Waals surface area contributed by atoms with Crippen LogP contribution in [-0.2, 0) is 0 Å². The third-order valence-corrected chi connectivity index (χ3v) is 2.23. The summed E-state index contributed by atoms with van der Waals surface area (Å²) in [6.07, 6.45) is -4.52. The molecule has 90 valence electrons. The quantitative estimate of drug-likeness (QED) is 0.643. The van der Waals surface area contributed by atoms with Gasteiger partial charge in [-0.2, -0.15) is 13.2 Å². The van der Waals surface area contributed by atoms with Gasteiger partial charge >= 0.3 is 6.18 Å². The highest BCUT2D eigenvalue weighted by Gasteiger charge is 2.41. The number of benzene rings is 1. The van der Waals surface area contributed by atoms with Crippen molar-refractivity contribution in [3.63, 3.8) is 0 Å². The van der Waals surface area contributed by atoms with Gasteiger partial charge < -0.3 is 4.74 Å². The van der Waals surface area contributed by atoms with E-state index in [1.165, 1.54) is 25.3 Å². The number of nitrogens with two attached hydrogens (primary N) is 1. The van der Waals surface area contributed by atoms with Crippen LogP contribution in [0.2, 0.25) is 5.02 Å². The Morgan fingerprint density at radius 2 is 2.06 bits per heavy atom. The maximum Gasteiger partial charge on any atom is 0.409 e. The Morgan fingerprint density at radius 1 is 1.44 bits per heavy atom. The Bertz CT molecular complexity index is 370. The molecule has 3 nitrogen and oxygen atoms in total. The maximum atomic E-state index is 12.6. The third kappa shape index (κ3) is 2.78. The molecule has 0 amide bonds. The first-order valence-corrected chi connectivity index (χ1v) is 4.64. The fraction of sp³-hybridized carbons (Fsp3) is 0.333. The third-order valence-electron chi connectivity index (χ3n) is 2.00. The molecule has 1 aromatic carbocycles. The van der Waals surface area contributed by atoms with Gasteiger partial charge in [-0.05, 0) is 18.2 Å². The average molecular weight is 255 g/mol. The van der Waals surface area contributed by atoms with Crippen molar-refractivity contribution in [3.8, 4) is 5.75 Å². The Balaban J connectivity index is 3.23. The standard InChI is InChI=1S/C9H10ClF3N2O/c1-16-7-3-2-5(10)4-6(7)8(15-14)9(11,12)13/h2-4,8,15H,14H2,1H3. The second-order valence-corrected chi connectivity index (χ2v) is 3.46. The van der Waals surface area contributed by atoms with Crippen LogP contribution in [0, 0.1) is 0 Å². The lowest BCUT2D eigenvalue weighted by Crippen LogP contribution is -2.38. The van der Waals surface area contributed by atoms with Crippen molar-refractivity contribution in [2.75, 3.05) is 7.11 Å². The molecular formula is C9H10ClF3N2O. The van der Waals surface area contributed by atoms with E-state index in [4.69, 9.17) is 22.2 Å². The zero-order valence-corrected chi connectivity index (χ0v) is 9.06. The molecule has 0 saturated heterocycles. The van der Waals surface area contributed by atoms with E-state index in [-0.39, 0.29) is 16.3 Å². The molecule has 0 fully saturated rings. The minimum absolute atomic E-state index is 0.0738. The number of alkyl halides is 3. The summed E-state index contributed by atoms with van der Waals surface area (Å²) in [7, 11) is 1.27. The predicted octanol–water partition coefficient (Wildman–Crippen LogP) is 2.42. The summed E-state index contributed by atoms with van der Waals surface area (Å²) in [6.45, 7) is 0. The van der Waals surface area contributed by atoms with Crippen LogP contribution in [0.5, 0.6) is 5.75 Å². The maximum absolute atomic E-state index is 12.6. The molecule has 0 radical (unpaired) electrons. The number of hydrazine groups is 1. The van der Waals surface area contributed by atoms with Gasteiger partial charge in [-0.1, -0.05) is 11.6 Å². The number of hydrogen-bond donors (Lipinski definition) is 2. The first-order valence-electron chi connectivity index (χ1n) is 4.26. The minimum atomic E-state index is -4.52. The molecule has 7 heteroatoms. The Hall–Kier alpha value is -0.980. The van der Waals surface area contributed by atoms with Crippen LogP contribution < -0.4 is 16.0 Å². The normalized spacial score (nSPS) is 13.6. The Kier molecular flexibility index (Phi) is 4.01. The zero-order chi connectivity index (χ0) is 12.3. The Labute approximate surface area is 95.3 Å². The fourth-order valence-electron chi connectivity index (χ4n) is 1.29. The van der Waals surface area contributed by atoms with Crippen molar-refractivity contribution in [3.05, 3.63) is 28.8 Å². The molecule has 0 spiro atoms. The van der Waals surface area contributed by atoms with E-state index in [2.05, 4.69) is 0 Å².